The van der Waals surface area contributed by atoms with E-state index in [9.17, 15) is 4.79 Å². The Bertz CT molecular complexity index is 359. The summed E-state index contributed by atoms with van der Waals surface area (Å²) in [4.78, 5) is 12.6. The molecule has 0 spiro atoms. The molecular formula is C14H21NO3S. The largest absolute Gasteiger partial charge is 0.465 e. The summed E-state index contributed by atoms with van der Waals surface area (Å²) in [5.74, 6) is 1.60. The number of amides is 1. The van der Waals surface area contributed by atoms with Crippen LogP contribution in [-0.4, -0.2) is 52.4 Å². The van der Waals surface area contributed by atoms with Crippen LogP contribution in [0.1, 0.15) is 12.0 Å². The summed E-state index contributed by atoms with van der Waals surface area (Å²) in [6.45, 7) is 1.27. The van der Waals surface area contributed by atoms with Gasteiger partial charge in [0.25, 0.3) is 0 Å². The summed E-state index contributed by atoms with van der Waals surface area (Å²) in [7, 11) is 0. The average molecular weight is 283 g/mol. The lowest BCUT2D eigenvalue weighted by Crippen LogP contribution is -2.32. The molecule has 0 aliphatic heterocycles. The molecule has 0 heterocycles. The normalized spacial score (nSPS) is 10.4. The summed E-state index contributed by atoms with van der Waals surface area (Å²) in [5.41, 5.74) is 1.16. The molecule has 0 atom stereocenters. The molecule has 0 unspecified atom stereocenters. The van der Waals surface area contributed by atoms with E-state index in [0.29, 0.717) is 13.1 Å². The maximum atomic E-state index is 11.1. The van der Waals surface area contributed by atoms with Gasteiger partial charge >= 0.3 is 6.09 Å². The molecule has 0 saturated carbocycles. The molecule has 1 aromatic rings. The Kier molecular flexibility index (Phi) is 8.09. The molecule has 2 N–H and O–H groups in total. The van der Waals surface area contributed by atoms with Crippen molar-refractivity contribution in [1.82, 2.24) is 4.90 Å². The number of benzene rings is 1. The van der Waals surface area contributed by atoms with Crippen molar-refractivity contribution < 1.29 is 15.0 Å². The first-order valence-corrected chi connectivity index (χ1v) is 7.60. The highest BCUT2D eigenvalue weighted by atomic mass is 32.2. The third-order valence-corrected chi connectivity index (χ3v) is 3.78. The number of thioether (sulfide) groups is 1. The van der Waals surface area contributed by atoms with Crippen LogP contribution < -0.4 is 0 Å². The van der Waals surface area contributed by atoms with Gasteiger partial charge in [-0.25, -0.2) is 4.79 Å². The third-order valence-electron chi connectivity index (χ3n) is 2.74. The van der Waals surface area contributed by atoms with Crippen molar-refractivity contribution in [3.05, 3.63) is 35.9 Å². The van der Waals surface area contributed by atoms with E-state index in [1.54, 1.807) is 11.8 Å². The van der Waals surface area contributed by atoms with Crippen LogP contribution in [0, 0.1) is 0 Å². The number of aliphatic hydroxyl groups is 1. The van der Waals surface area contributed by atoms with Crippen LogP contribution in [0.4, 0.5) is 4.79 Å². The molecule has 1 aromatic carbocycles. The highest BCUT2D eigenvalue weighted by Crippen LogP contribution is 2.05. The minimum Gasteiger partial charge on any atom is -0.465 e. The van der Waals surface area contributed by atoms with Gasteiger partial charge in [0.1, 0.15) is 0 Å². The Hall–Kier alpha value is -1.20. The number of aliphatic hydroxyl groups excluding tert-OH is 1. The predicted molar refractivity (Wildman–Crippen MR) is 78.8 cm³/mol. The highest BCUT2D eigenvalue weighted by Gasteiger charge is 2.10. The summed E-state index contributed by atoms with van der Waals surface area (Å²) in [5, 5.41) is 17.8. The molecule has 1 rings (SSSR count). The van der Waals surface area contributed by atoms with Gasteiger partial charge in [0.15, 0.2) is 0 Å². The summed E-state index contributed by atoms with van der Waals surface area (Å²) >= 11 is 1.65. The van der Waals surface area contributed by atoms with Crippen LogP contribution >= 0.6 is 11.8 Å². The lowest BCUT2D eigenvalue weighted by molar-refractivity contribution is 0.146. The van der Waals surface area contributed by atoms with Gasteiger partial charge < -0.3 is 15.1 Å². The van der Waals surface area contributed by atoms with Crippen LogP contribution in [-0.2, 0) is 6.42 Å². The van der Waals surface area contributed by atoms with Crippen molar-refractivity contribution in [3.8, 4) is 0 Å². The summed E-state index contributed by atoms with van der Waals surface area (Å²) in [6.07, 6.45) is 0.714. The fourth-order valence-electron chi connectivity index (χ4n) is 1.74. The minimum absolute atomic E-state index is 0.182. The maximum Gasteiger partial charge on any atom is 0.407 e. The van der Waals surface area contributed by atoms with Gasteiger partial charge in [0.2, 0.25) is 0 Å². The fraction of sp³-hybridized carbons (Fsp3) is 0.500. The van der Waals surface area contributed by atoms with Crippen LogP contribution in [0.15, 0.2) is 30.3 Å². The van der Waals surface area contributed by atoms with E-state index in [1.807, 2.05) is 30.3 Å². The molecule has 4 nitrogen and oxygen atoms in total. The molecular weight excluding hydrogens is 262 g/mol. The molecule has 0 saturated heterocycles. The van der Waals surface area contributed by atoms with Crippen molar-refractivity contribution in [2.75, 3.05) is 31.2 Å². The van der Waals surface area contributed by atoms with Gasteiger partial charge in [-0.2, -0.15) is 11.8 Å². The standard InChI is InChI=1S/C14H21NO3S/c16-10-12-19-11-4-8-15(14(17)18)9-7-13-5-2-1-3-6-13/h1-3,5-6,16H,4,7-12H2,(H,17,18). The molecule has 106 valence electrons. The maximum absolute atomic E-state index is 11.1. The van der Waals surface area contributed by atoms with Gasteiger partial charge in [-0.1, -0.05) is 30.3 Å². The van der Waals surface area contributed by atoms with Gasteiger partial charge in [-0.05, 0) is 24.2 Å². The lowest BCUT2D eigenvalue weighted by atomic mass is 10.1. The topological polar surface area (TPSA) is 60.8 Å². The predicted octanol–water partition coefficient (Wildman–Crippen LogP) is 2.32. The monoisotopic (exact) mass is 283 g/mol. The second-order valence-corrected chi connectivity index (χ2v) is 5.42. The van der Waals surface area contributed by atoms with Crippen molar-refractivity contribution in [2.45, 2.75) is 12.8 Å². The average Bonchev–Trinajstić information content (AvgIpc) is 2.42. The SMILES string of the molecule is O=C(O)N(CCCSCCO)CCc1ccccc1. The number of rotatable bonds is 9. The van der Waals surface area contributed by atoms with Gasteiger partial charge in [-0.3, -0.25) is 0 Å². The summed E-state index contributed by atoms with van der Waals surface area (Å²) in [6, 6.07) is 9.91. The quantitative estimate of drug-likeness (QED) is 0.683. The van der Waals surface area contributed by atoms with Crippen molar-refractivity contribution in [2.24, 2.45) is 0 Å². The molecule has 19 heavy (non-hydrogen) atoms. The Morgan fingerprint density at radius 1 is 1.16 bits per heavy atom. The molecule has 0 fully saturated rings. The van der Waals surface area contributed by atoms with Crippen LogP contribution in [0.25, 0.3) is 0 Å². The van der Waals surface area contributed by atoms with E-state index >= 15 is 0 Å². The zero-order chi connectivity index (χ0) is 13.9. The van der Waals surface area contributed by atoms with E-state index in [-0.39, 0.29) is 6.61 Å². The van der Waals surface area contributed by atoms with Gasteiger partial charge in [0.05, 0.1) is 6.61 Å². The number of carboxylic acid groups (broad SMARTS) is 1. The zero-order valence-corrected chi connectivity index (χ0v) is 11.8. The van der Waals surface area contributed by atoms with Gasteiger partial charge in [-0.15, -0.1) is 0 Å². The second-order valence-electron chi connectivity index (χ2n) is 4.19. The molecule has 0 radical (unpaired) electrons. The first kappa shape index (κ1) is 15.9. The van der Waals surface area contributed by atoms with Crippen molar-refractivity contribution >= 4 is 17.9 Å². The van der Waals surface area contributed by atoms with Crippen molar-refractivity contribution in [3.63, 3.8) is 0 Å². The molecule has 0 bridgehead atoms. The van der Waals surface area contributed by atoms with Crippen LogP contribution in [0.2, 0.25) is 0 Å². The lowest BCUT2D eigenvalue weighted by Gasteiger charge is -2.19. The molecule has 5 heteroatoms. The minimum atomic E-state index is -0.858. The first-order chi connectivity index (χ1) is 9.24. The Labute approximate surface area is 118 Å². The van der Waals surface area contributed by atoms with Crippen LogP contribution in [0.5, 0.6) is 0 Å². The Morgan fingerprint density at radius 2 is 1.89 bits per heavy atom. The van der Waals surface area contributed by atoms with Crippen LogP contribution in [0.3, 0.4) is 0 Å². The van der Waals surface area contributed by atoms with Crippen molar-refractivity contribution in [1.29, 1.82) is 0 Å². The summed E-state index contributed by atoms with van der Waals surface area (Å²) < 4.78 is 0. The third kappa shape index (κ3) is 7.08. The zero-order valence-electron chi connectivity index (χ0n) is 11.0. The first-order valence-electron chi connectivity index (χ1n) is 6.44. The number of hydrogen-bond acceptors (Lipinski definition) is 3. The molecule has 0 aromatic heterocycles. The Morgan fingerprint density at radius 3 is 2.53 bits per heavy atom. The number of carbonyl (C=O) groups is 1. The van der Waals surface area contributed by atoms with E-state index < -0.39 is 6.09 Å². The highest BCUT2D eigenvalue weighted by molar-refractivity contribution is 7.99. The number of hydrogen-bond donors (Lipinski definition) is 2. The fourth-order valence-corrected chi connectivity index (χ4v) is 2.40. The van der Waals surface area contributed by atoms with E-state index in [4.69, 9.17) is 10.2 Å². The smallest absolute Gasteiger partial charge is 0.407 e. The molecule has 0 aliphatic rings. The van der Waals surface area contributed by atoms with E-state index in [0.717, 1.165) is 29.9 Å². The van der Waals surface area contributed by atoms with E-state index in [1.165, 1.54) is 4.90 Å². The number of nitrogens with zero attached hydrogens (tertiary/aromatic N) is 1. The van der Waals surface area contributed by atoms with E-state index in [2.05, 4.69) is 0 Å². The molecule has 0 aliphatic carbocycles. The Balaban J connectivity index is 2.26. The second kappa shape index (κ2) is 9.69. The van der Waals surface area contributed by atoms with Gasteiger partial charge in [0, 0.05) is 18.8 Å². The molecule has 1 amide bonds.